The zero-order chi connectivity index (χ0) is 10.6. The van der Waals surface area contributed by atoms with Crippen LogP contribution in [0.3, 0.4) is 0 Å². The van der Waals surface area contributed by atoms with Crippen LogP contribution in [0.15, 0.2) is 9.98 Å². The number of anilines is 1. The first-order chi connectivity index (χ1) is 6.32. The van der Waals surface area contributed by atoms with Crippen molar-refractivity contribution in [2.45, 2.75) is 38.8 Å². The van der Waals surface area contributed by atoms with Gasteiger partial charge in [-0.05, 0) is 27.7 Å². The summed E-state index contributed by atoms with van der Waals surface area (Å²) in [6, 6.07) is 0. The van der Waals surface area contributed by atoms with Gasteiger partial charge in [0.05, 0.1) is 11.1 Å². The second-order valence-electron chi connectivity index (χ2n) is 4.64. The Morgan fingerprint density at radius 3 is 2.29 bits per heavy atom. The van der Waals surface area contributed by atoms with E-state index in [1.54, 1.807) is 0 Å². The summed E-state index contributed by atoms with van der Waals surface area (Å²) in [6.45, 7) is 8.20. The summed E-state index contributed by atoms with van der Waals surface area (Å²) >= 11 is 0. The monoisotopic (exact) mass is 193 g/mol. The maximum atomic E-state index is 5.55. The molecule has 5 heteroatoms. The van der Waals surface area contributed by atoms with E-state index in [-0.39, 0.29) is 11.1 Å². The van der Waals surface area contributed by atoms with Gasteiger partial charge in [-0.2, -0.15) is 4.98 Å². The molecule has 0 unspecified atom stereocenters. The minimum absolute atomic E-state index is 0.237. The molecule has 0 aromatic carbocycles. The van der Waals surface area contributed by atoms with Crippen molar-refractivity contribution >= 4 is 5.95 Å². The standard InChI is InChI=1S/C9H15N5/c1-8(2)9(3,4)14-6-5(13-8)11-7(10)12-6/h1-4H3,(H3,10,11,12,13,14). The molecule has 0 saturated carbocycles. The van der Waals surface area contributed by atoms with Gasteiger partial charge in [-0.15, -0.1) is 0 Å². The fourth-order valence-corrected chi connectivity index (χ4v) is 1.35. The summed E-state index contributed by atoms with van der Waals surface area (Å²) in [4.78, 5) is 16.1. The van der Waals surface area contributed by atoms with E-state index in [1.807, 2.05) is 13.8 Å². The number of aromatic nitrogens is 2. The lowest BCUT2D eigenvalue weighted by Crippen LogP contribution is -2.51. The van der Waals surface area contributed by atoms with Crippen LogP contribution in [0.5, 0.6) is 0 Å². The SMILES string of the molecule is CC1(C)N=c2nc(N)[nH]c2=NC1(C)C. The average molecular weight is 193 g/mol. The highest BCUT2D eigenvalue weighted by Gasteiger charge is 2.38. The van der Waals surface area contributed by atoms with Gasteiger partial charge in [-0.1, -0.05) is 0 Å². The van der Waals surface area contributed by atoms with Crippen molar-refractivity contribution in [1.82, 2.24) is 9.97 Å². The molecule has 1 aromatic heterocycles. The number of imidazole rings is 1. The highest BCUT2D eigenvalue weighted by Crippen LogP contribution is 2.28. The number of hydrogen-bond acceptors (Lipinski definition) is 4. The normalized spacial score (nSPS) is 22.0. The Labute approximate surface area is 82.2 Å². The first kappa shape index (κ1) is 9.18. The molecule has 1 aliphatic heterocycles. The third kappa shape index (κ3) is 1.12. The van der Waals surface area contributed by atoms with Crippen molar-refractivity contribution in [3.63, 3.8) is 0 Å². The Bertz CT molecular complexity index is 436. The van der Waals surface area contributed by atoms with Crippen LogP contribution in [0.1, 0.15) is 27.7 Å². The van der Waals surface area contributed by atoms with Crippen LogP contribution < -0.4 is 16.7 Å². The molecule has 3 N–H and O–H groups in total. The number of nitrogens with one attached hydrogen (secondary N) is 1. The topological polar surface area (TPSA) is 79.4 Å². The summed E-state index contributed by atoms with van der Waals surface area (Å²) in [6.07, 6.45) is 0. The molecular formula is C9H15N5. The predicted molar refractivity (Wildman–Crippen MR) is 53.5 cm³/mol. The van der Waals surface area contributed by atoms with Gasteiger partial charge in [0, 0.05) is 0 Å². The molecule has 0 bridgehead atoms. The van der Waals surface area contributed by atoms with Gasteiger partial charge in [0.1, 0.15) is 0 Å². The molecule has 0 saturated heterocycles. The van der Waals surface area contributed by atoms with E-state index >= 15 is 0 Å². The maximum Gasteiger partial charge on any atom is 0.201 e. The molecule has 2 rings (SSSR count). The molecule has 14 heavy (non-hydrogen) atoms. The van der Waals surface area contributed by atoms with Crippen molar-refractivity contribution in [2.75, 3.05) is 5.73 Å². The van der Waals surface area contributed by atoms with E-state index in [1.165, 1.54) is 0 Å². The first-order valence-electron chi connectivity index (χ1n) is 4.63. The number of H-pyrrole nitrogens is 1. The molecule has 2 heterocycles. The zero-order valence-corrected chi connectivity index (χ0v) is 8.92. The average Bonchev–Trinajstić information content (AvgIpc) is 2.27. The van der Waals surface area contributed by atoms with Crippen molar-refractivity contribution in [2.24, 2.45) is 9.98 Å². The van der Waals surface area contributed by atoms with Crippen LogP contribution in [0.4, 0.5) is 5.95 Å². The zero-order valence-electron chi connectivity index (χ0n) is 8.92. The maximum absolute atomic E-state index is 5.55. The summed E-state index contributed by atoms with van der Waals surface area (Å²) in [5.41, 5.74) is 6.37. The minimum atomic E-state index is -0.248. The smallest absolute Gasteiger partial charge is 0.201 e. The van der Waals surface area contributed by atoms with Crippen LogP contribution >= 0.6 is 0 Å². The highest BCUT2D eigenvalue weighted by atomic mass is 15.1. The Morgan fingerprint density at radius 1 is 1.07 bits per heavy atom. The molecule has 0 atom stereocenters. The van der Waals surface area contributed by atoms with Gasteiger partial charge in [0.15, 0.2) is 11.0 Å². The lowest BCUT2D eigenvalue weighted by atomic mass is 9.83. The molecular weight excluding hydrogens is 178 g/mol. The summed E-state index contributed by atoms with van der Waals surface area (Å²) < 4.78 is 0. The number of aromatic amines is 1. The van der Waals surface area contributed by atoms with Crippen molar-refractivity contribution < 1.29 is 0 Å². The van der Waals surface area contributed by atoms with Gasteiger partial charge in [0.25, 0.3) is 0 Å². The number of nitrogens with two attached hydrogens (primary N) is 1. The Morgan fingerprint density at radius 2 is 1.64 bits per heavy atom. The van der Waals surface area contributed by atoms with Gasteiger partial charge in [-0.3, -0.25) is 9.98 Å². The number of nitrogens with zero attached hydrogens (tertiary/aromatic N) is 3. The third-order valence-electron chi connectivity index (χ3n) is 2.96. The fraction of sp³-hybridized carbons (Fsp3) is 0.667. The molecule has 1 aliphatic rings. The van der Waals surface area contributed by atoms with Crippen LogP contribution in [0.2, 0.25) is 0 Å². The van der Waals surface area contributed by atoms with Crippen LogP contribution in [-0.2, 0) is 0 Å². The van der Waals surface area contributed by atoms with E-state index in [0.717, 1.165) is 0 Å². The van der Waals surface area contributed by atoms with Crippen LogP contribution in [0, 0.1) is 0 Å². The molecule has 0 fully saturated rings. The summed E-state index contributed by atoms with van der Waals surface area (Å²) in [5, 5.41) is 0. The molecule has 5 nitrogen and oxygen atoms in total. The number of rotatable bonds is 0. The van der Waals surface area contributed by atoms with Gasteiger partial charge in [-0.25, -0.2) is 0 Å². The quantitative estimate of drug-likeness (QED) is 0.598. The predicted octanol–water partition coefficient (Wildman–Crippen LogP) is -0.198. The van der Waals surface area contributed by atoms with Gasteiger partial charge in [0.2, 0.25) is 5.95 Å². The lowest BCUT2D eigenvalue weighted by Gasteiger charge is -2.35. The first-order valence-corrected chi connectivity index (χ1v) is 4.63. The van der Waals surface area contributed by atoms with Crippen molar-refractivity contribution in [1.29, 1.82) is 0 Å². The molecule has 76 valence electrons. The van der Waals surface area contributed by atoms with E-state index < -0.39 is 0 Å². The molecule has 0 spiro atoms. The summed E-state index contributed by atoms with van der Waals surface area (Å²) in [7, 11) is 0. The Balaban J connectivity index is 2.78. The molecule has 1 aromatic rings. The van der Waals surface area contributed by atoms with Crippen molar-refractivity contribution in [3.8, 4) is 0 Å². The van der Waals surface area contributed by atoms with Crippen LogP contribution in [0.25, 0.3) is 0 Å². The minimum Gasteiger partial charge on any atom is -0.369 e. The number of fused-ring (bicyclic) bond motifs is 1. The van der Waals surface area contributed by atoms with E-state index in [9.17, 15) is 0 Å². The van der Waals surface area contributed by atoms with Crippen molar-refractivity contribution in [3.05, 3.63) is 11.0 Å². The largest absolute Gasteiger partial charge is 0.369 e. The second kappa shape index (κ2) is 2.34. The molecule has 0 aliphatic carbocycles. The highest BCUT2D eigenvalue weighted by molar-refractivity contribution is 5.15. The second-order valence-corrected chi connectivity index (χ2v) is 4.64. The van der Waals surface area contributed by atoms with E-state index in [0.29, 0.717) is 16.9 Å². The van der Waals surface area contributed by atoms with Gasteiger partial charge < -0.3 is 10.7 Å². The Hall–Kier alpha value is -1.39. The number of nitrogen functional groups attached to an aromatic ring is 1. The van der Waals surface area contributed by atoms with Gasteiger partial charge >= 0.3 is 0 Å². The van der Waals surface area contributed by atoms with E-state index in [2.05, 4.69) is 33.8 Å². The number of hydrogen-bond donors (Lipinski definition) is 2. The third-order valence-corrected chi connectivity index (χ3v) is 2.96. The lowest BCUT2D eigenvalue weighted by molar-refractivity contribution is 0.288. The fourth-order valence-electron chi connectivity index (χ4n) is 1.35. The Kier molecular flexibility index (Phi) is 1.54. The van der Waals surface area contributed by atoms with Crippen LogP contribution in [-0.4, -0.2) is 21.0 Å². The van der Waals surface area contributed by atoms with E-state index in [4.69, 9.17) is 5.73 Å². The molecule has 0 amide bonds. The molecule has 0 radical (unpaired) electrons. The summed E-state index contributed by atoms with van der Waals surface area (Å²) in [5.74, 6) is 0.371.